The van der Waals surface area contributed by atoms with Crippen LogP contribution < -0.4 is 11.1 Å². The number of alkyl carbamates (subject to hydrolysis) is 1. The molecule has 0 fully saturated rings. The number of nitrogen functional groups attached to an aromatic ring is 1. The molecule has 2 aromatic heterocycles. The number of carbonyl (C=O) groups is 1. The largest absolute Gasteiger partial charge is 0.439 e. The van der Waals surface area contributed by atoms with E-state index in [0.29, 0.717) is 38.4 Å². The number of nitrogens with one attached hydrogen (secondary N) is 1. The minimum atomic E-state index is -1.06. The molecular weight excluding hydrogens is 560 g/mol. The van der Waals surface area contributed by atoms with Crippen LogP contribution in [0.1, 0.15) is 64.6 Å². The lowest BCUT2D eigenvalue weighted by Gasteiger charge is -2.25. The highest BCUT2D eigenvalue weighted by molar-refractivity contribution is 6.37. The van der Waals surface area contributed by atoms with E-state index in [1.807, 2.05) is 47.6 Å². The SMILES string of the molecule is Cn1nc(N)c2c(Cl)ccc(-c3ccc(C#CC(C)(C)C)nc3[C@H](Cc3cc(F)cc(F)c3)OC(=O)NC(C)(C)C)c21. The summed E-state index contributed by atoms with van der Waals surface area (Å²) in [4.78, 5) is 17.9. The van der Waals surface area contributed by atoms with Gasteiger partial charge in [0.2, 0.25) is 0 Å². The number of nitrogens with two attached hydrogens (primary N) is 1. The molecule has 4 aromatic rings. The smallest absolute Gasteiger partial charge is 0.408 e. The molecule has 4 rings (SSSR count). The Bertz CT molecular complexity index is 1710. The predicted molar refractivity (Wildman–Crippen MR) is 162 cm³/mol. The van der Waals surface area contributed by atoms with Crippen LogP contribution in [0.4, 0.5) is 19.4 Å². The Morgan fingerprint density at radius 2 is 1.71 bits per heavy atom. The van der Waals surface area contributed by atoms with Gasteiger partial charge in [0.25, 0.3) is 0 Å². The van der Waals surface area contributed by atoms with Crippen molar-refractivity contribution in [2.45, 2.75) is 59.6 Å². The second-order valence-electron chi connectivity index (χ2n) is 12.2. The van der Waals surface area contributed by atoms with Crippen LogP contribution >= 0.6 is 11.6 Å². The molecule has 2 heterocycles. The molecule has 0 saturated carbocycles. The van der Waals surface area contributed by atoms with Crippen LogP contribution in [0.3, 0.4) is 0 Å². The number of aromatic nitrogens is 3. The second-order valence-corrected chi connectivity index (χ2v) is 12.6. The number of ether oxygens (including phenoxy) is 1. The van der Waals surface area contributed by atoms with Gasteiger partial charge in [-0.25, -0.2) is 18.6 Å². The molecule has 0 saturated heterocycles. The van der Waals surface area contributed by atoms with E-state index in [9.17, 15) is 13.6 Å². The summed E-state index contributed by atoms with van der Waals surface area (Å²) in [7, 11) is 1.75. The lowest BCUT2D eigenvalue weighted by atomic mass is 9.94. The average Bonchev–Trinajstić information content (AvgIpc) is 3.15. The number of pyridine rings is 1. The zero-order valence-electron chi connectivity index (χ0n) is 24.7. The van der Waals surface area contributed by atoms with Gasteiger partial charge >= 0.3 is 6.09 Å². The Morgan fingerprint density at radius 3 is 2.33 bits per heavy atom. The molecule has 2 aromatic carbocycles. The van der Waals surface area contributed by atoms with Gasteiger partial charge in [-0.15, -0.1) is 0 Å². The first kappa shape index (κ1) is 30.8. The fourth-order valence-corrected chi connectivity index (χ4v) is 4.75. The van der Waals surface area contributed by atoms with Gasteiger partial charge in [0, 0.05) is 41.6 Å². The van der Waals surface area contributed by atoms with E-state index in [-0.39, 0.29) is 23.2 Å². The number of hydrogen-bond donors (Lipinski definition) is 2. The van der Waals surface area contributed by atoms with E-state index < -0.39 is 29.4 Å². The number of aryl methyl sites for hydroxylation is 1. The molecular formula is C32H34ClF2N5O2. The van der Waals surface area contributed by atoms with Crippen molar-refractivity contribution in [1.82, 2.24) is 20.1 Å². The van der Waals surface area contributed by atoms with Crippen LogP contribution in [0.15, 0.2) is 42.5 Å². The van der Waals surface area contributed by atoms with Crippen LogP contribution in [0.2, 0.25) is 5.02 Å². The van der Waals surface area contributed by atoms with E-state index in [1.54, 1.807) is 29.9 Å². The Balaban J connectivity index is 1.98. The highest BCUT2D eigenvalue weighted by Gasteiger charge is 2.27. The third-order valence-electron chi connectivity index (χ3n) is 6.12. The number of amides is 1. The number of fused-ring (bicyclic) bond motifs is 1. The van der Waals surface area contributed by atoms with Crippen LogP contribution in [-0.4, -0.2) is 26.4 Å². The maximum Gasteiger partial charge on any atom is 0.408 e. The summed E-state index contributed by atoms with van der Waals surface area (Å²) < 4.78 is 36.0. The van der Waals surface area contributed by atoms with Crippen LogP contribution in [0.5, 0.6) is 0 Å². The molecule has 1 amide bonds. The number of halogens is 3. The van der Waals surface area contributed by atoms with Crippen molar-refractivity contribution in [1.29, 1.82) is 0 Å². The fraction of sp³-hybridized carbons (Fsp3) is 0.344. The zero-order chi connectivity index (χ0) is 31.0. The summed E-state index contributed by atoms with van der Waals surface area (Å²) in [6, 6.07) is 10.3. The fourth-order valence-electron chi connectivity index (χ4n) is 4.50. The Hall–Kier alpha value is -4.16. The van der Waals surface area contributed by atoms with Gasteiger partial charge in [0.05, 0.1) is 21.6 Å². The Kier molecular flexibility index (Phi) is 8.51. The van der Waals surface area contributed by atoms with E-state index in [2.05, 4.69) is 22.3 Å². The highest BCUT2D eigenvalue weighted by atomic mass is 35.5. The lowest BCUT2D eigenvalue weighted by Crippen LogP contribution is -2.41. The molecule has 0 spiro atoms. The first-order valence-electron chi connectivity index (χ1n) is 13.4. The average molecular weight is 594 g/mol. The van der Waals surface area contributed by atoms with Crippen molar-refractivity contribution < 1.29 is 18.3 Å². The predicted octanol–water partition coefficient (Wildman–Crippen LogP) is 7.36. The van der Waals surface area contributed by atoms with Crippen molar-refractivity contribution in [2.24, 2.45) is 12.5 Å². The third kappa shape index (κ3) is 7.37. The van der Waals surface area contributed by atoms with Crippen molar-refractivity contribution in [3.63, 3.8) is 0 Å². The summed E-state index contributed by atoms with van der Waals surface area (Å²) in [5, 5.41) is 8.12. The number of benzene rings is 2. The third-order valence-corrected chi connectivity index (χ3v) is 6.43. The van der Waals surface area contributed by atoms with Crippen LogP contribution in [0, 0.1) is 28.9 Å². The molecule has 3 N–H and O–H groups in total. The number of rotatable bonds is 5. The van der Waals surface area contributed by atoms with Crippen molar-refractivity contribution in [3.8, 4) is 23.0 Å². The normalized spacial score (nSPS) is 12.5. The van der Waals surface area contributed by atoms with Gasteiger partial charge in [0.1, 0.15) is 17.3 Å². The summed E-state index contributed by atoms with van der Waals surface area (Å²) in [5.41, 5.74) is 8.26. The van der Waals surface area contributed by atoms with E-state index in [4.69, 9.17) is 27.1 Å². The summed E-state index contributed by atoms with van der Waals surface area (Å²) in [5.74, 6) is 5.04. The molecule has 220 valence electrons. The molecule has 0 unspecified atom stereocenters. The van der Waals surface area contributed by atoms with Gasteiger partial charge in [0.15, 0.2) is 11.9 Å². The molecule has 10 heteroatoms. The van der Waals surface area contributed by atoms with E-state index in [0.717, 1.165) is 6.07 Å². The number of anilines is 1. The minimum absolute atomic E-state index is 0.0628. The molecule has 0 bridgehead atoms. The van der Waals surface area contributed by atoms with Gasteiger partial charge in [-0.3, -0.25) is 4.68 Å². The quantitative estimate of drug-likeness (QED) is 0.236. The number of hydrogen-bond acceptors (Lipinski definition) is 5. The van der Waals surface area contributed by atoms with Gasteiger partial charge in [-0.1, -0.05) is 23.6 Å². The molecule has 0 aliphatic carbocycles. The van der Waals surface area contributed by atoms with Crippen LogP contribution in [0.25, 0.3) is 22.0 Å². The monoisotopic (exact) mass is 593 g/mol. The minimum Gasteiger partial charge on any atom is -0.439 e. The van der Waals surface area contributed by atoms with Crippen molar-refractivity contribution in [3.05, 3.63) is 76.1 Å². The highest BCUT2D eigenvalue weighted by Crippen LogP contribution is 2.39. The van der Waals surface area contributed by atoms with Gasteiger partial charge in [-0.05, 0) is 83.4 Å². The van der Waals surface area contributed by atoms with E-state index >= 15 is 0 Å². The molecule has 0 radical (unpaired) electrons. The standard InChI is InChI=1S/C32H34ClF2N5O2/c1-31(2,3)13-12-21-8-9-22(23-10-11-24(33)26-28(23)40(7)39-29(26)36)27(37-21)25(42-30(41)38-32(4,5)6)16-18-14-19(34)17-20(35)15-18/h8-11,14-15,17,25H,16H2,1-7H3,(H2,36,39)(H,38,41)/t25-/m0/s1. The Morgan fingerprint density at radius 1 is 1.07 bits per heavy atom. The topological polar surface area (TPSA) is 95.1 Å². The van der Waals surface area contributed by atoms with Crippen molar-refractivity contribution >= 4 is 34.4 Å². The first-order valence-corrected chi connectivity index (χ1v) is 13.8. The zero-order valence-corrected chi connectivity index (χ0v) is 25.5. The van der Waals surface area contributed by atoms with Gasteiger partial charge < -0.3 is 15.8 Å². The number of carbonyl (C=O) groups excluding carboxylic acids is 1. The molecule has 1 atom stereocenters. The summed E-state index contributed by atoms with van der Waals surface area (Å²) >= 11 is 6.50. The summed E-state index contributed by atoms with van der Waals surface area (Å²) in [6.45, 7) is 11.4. The van der Waals surface area contributed by atoms with Crippen molar-refractivity contribution in [2.75, 3.05) is 5.73 Å². The first-order chi connectivity index (χ1) is 19.5. The maximum atomic E-state index is 14.2. The van der Waals surface area contributed by atoms with E-state index in [1.165, 1.54) is 12.1 Å². The number of nitrogens with zero attached hydrogens (tertiary/aromatic N) is 3. The molecule has 0 aliphatic rings. The van der Waals surface area contributed by atoms with Gasteiger partial charge in [-0.2, -0.15) is 5.10 Å². The van der Waals surface area contributed by atoms with Crippen LogP contribution in [-0.2, 0) is 18.2 Å². The lowest BCUT2D eigenvalue weighted by molar-refractivity contribution is 0.0891. The molecule has 0 aliphatic heterocycles. The maximum absolute atomic E-state index is 14.2. The second kappa shape index (κ2) is 11.6. The summed E-state index contributed by atoms with van der Waals surface area (Å²) in [6.07, 6.45) is -1.84. The Labute approximate surface area is 249 Å². The molecule has 42 heavy (non-hydrogen) atoms. The molecule has 7 nitrogen and oxygen atoms in total.